The lowest BCUT2D eigenvalue weighted by Crippen LogP contribution is -2.37. The lowest BCUT2D eigenvalue weighted by molar-refractivity contribution is 0.563. The topological polar surface area (TPSA) is 52.7 Å². The first-order chi connectivity index (χ1) is 15.3. The third-order valence-electron chi connectivity index (χ3n) is 6.35. The van der Waals surface area contributed by atoms with Crippen molar-refractivity contribution in [1.29, 1.82) is 0 Å². The van der Waals surface area contributed by atoms with Crippen LogP contribution >= 0.6 is 0 Å². The van der Waals surface area contributed by atoms with Gasteiger partial charge >= 0.3 is 0 Å². The number of nitrogens with one attached hydrogen (secondary N) is 1. The quantitative estimate of drug-likeness (QED) is 0.579. The second kappa shape index (κ2) is 8.96. The van der Waals surface area contributed by atoms with E-state index in [0.29, 0.717) is 11.4 Å². The predicted octanol–water partition coefficient (Wildman–Crippen LogP) is 4.45. The Balaban J connectivity index is 1.64. The number of para-hydroxylation sites is 1. The lowest BCUT2D eigenvalue weighted by Gasteiger charge is -2.31. The SMILES string of the molecule is Cc1ccc(S(=O)(=O)NCC(c2ccc(N(C)C)cc2)N2CCc3ccccc32)cc1C. The van der Waals surface area contributed by atoms with Crippen LogP contribution in [0.15, 0.2) is 71.6 Å². The van der Waals surface area contributed by atoms with Crippen LogP contribution in [0.3, 0.4) is 0 Å². The van der Waals surface area contributed by atoms with Gasteiger partial charge < -0.3 is 9.80 Å². The Morgan fingerprint density at radius 3 is 2.38 bits per heavy atom. The summed E-state index contributed by atoms with van der Waals surface area (Å²) in [6.07, 6.45) is 0.965. The minimum absolute atomic E-state index is 0.101. The van der Waals surface area contributed by atoms with Gasteiger partial charge in [0.05, 0.1) is 10.9 Å². The first kappa shape index (κ1) is 22.4. The summed E-state index contributed by atoms with van der Waals surface area (Å²) in [5.74, 6) is 0. The molecule has 0 saturated heterocycles. The van der Waals surface area contributed by atoms with Gasteiger partial charge in [0.1, 0.15) is 0 Å². The van der Waals surface area contributed by atoms with Gasteiger partial charge in [0.25, 0.3) is 0 Å². The molecule has 0 spiro atoms. The van der Waals surface area contributed by atoms with E-state index in [1.54, 1.807) is 12.1 Å². The Morgan fingerprint density at radius 2 is 1.69 bits per heavy atom. The molecule has 1 heterocycles. The van der Waals surface area contributed by atoms with Crippen molar-refractivity contribution in [3.8, 4) is 0 Å². The molecule has 0 fully saturated rings. The van der Waals surface area contributed by atoms with Crippen molar-refractivity contribution < 1.29 is 8.42 Å². The van der Waals surface area contributed by atoms with Gasteiger partial charge in [-0.25, -0.2) is 13.1 Å². The van der Waals surface area contributed by atoms with E-state index in [1.165, 1.54) is 11.3 Å². The second-order valence-electron chi connectivity index (χ2n) is 8.67. The van der Waals surface area contributed by atoms with Crippen molar-refractivity contribution in [2.45, 2.75) is 31.2 Å². The van der Waals surface area contributed by atoms with Crippen molar-refractivity contribution in [3.05, 3.63) is 89.0 Å². The molecule has 0 amide bonds. The van der Waals surface area contributed by atoms with E-state index in [0.717, 1.165) is 35.3 Å². The Kier molecular flexibility index (Phi) is 6.26. The number of anilines is 2. The second-order valence-corrected chi connectivity index (χ2v) is 10.4. The van der Waals surface area contributed by atoms with Gasteiger partial charge in [-0.2, -0.15) is 0 Å². The van der Waals surface area contributed by atoms with Gasteiger partial charge in [-0.3, -0.25) is 0 Å². The minimum Gasteiger partial charge on any atom is -0.378 e. The molecule has 0 aromatic heterocycles. The number of sulfonamides is 1. The summed E-state index contributed by atoms with van der Waals surface area (Å²) >= 11 is 0. The van der Waals surface area contributed by atoms with Crippen LogP contribution in [0.1, 0.15) is 28.3 Å². The summed E-state index contributed by atoms with van der Waals surface area (Å²) in [4.78, 5) is 4.69. The lowest BCUT2D eigenvalue weighted by atomic mass is 10.0. The molecule has 32 heavy (non-hydrogen) atoms. The Hall–Kier alpha value is -2.83. The van der Waals surface area contributed by atoms with E-state index < -0.39 is 10.0 Å². The molecule has 5 nitrogen and oxygen atoms in total. The molecule has 4 rings (SSSR count). The molecule has 0 saturated carbocycles. The fraction of sp³-hybridized carbons (Fsp3) is 0.308. The third kappa shape index (κ3) is 4.52. The predicted molar refractivity (Wildman–Crippen MR) is 132 cm³/mol. The molecule has 0 bridgehead atoms. The monoisotopic (exact) mass is 449 g/mol. The number of benzene rings is 3. The summed E-state index contributed by atoms with van der Waals surface area (Å²) in [5, 5.41) is 0. The maximum Gasteiger partial charge on any atom is 0.240 e. The molecule has 1 atom stereocenters. The fourth-order valence-corrected chi connectivity index (χ4v) is 5.37. The number of hydrogen-bond acceptors (Lipinski definition) is 4. The van der Waals surface area contributed by atoms with E-state index in [1.807, 2.05) is 40.1 Å². The highest BCUT2D eigenvalue weighted by Crippen LogP contribution is 2.35. The summed E-state index contributed by atoms with van der Waals surface area (Å²) < 4.78 is 29.1. The van der Waals surface area contributed by atoms with Crippen molar-refractivity contribution in [2.24, 2.45) is 0 Å². The van der Waals surface area contributed by atoms with Gasteiger partial charge in [-0.15, -0.1) is 0 Å². The molecule has 1 unspecified atom stereocenters. The minimum atomic E-state index is -3.62. The van der Waals surface area contributed by atoms with Gasteiger partial charge in [0.2, 0.25) is 10.0 Å². The average Bonchev–Trinajstić information content (AvgIpc) is 3.20. The molecule has 0 aliphatic carbocycles. The van der Waals surface area contributed by atoms with E-state index >= 15 is 0 Å². The zero-order valence-electron chi connectivity index (χ0n) is 19.2. The number of fused-ring (bicyclic) bond motifs is 1. The van der Waals surface area contributed by atoms with Crippen molar-refractivity contribution >= 4 is 21.4 Å². The fourth-order valence-electron chi connectivity index (χ4n) is 4.24. The van der Waals surface area contributed by atoms with Crippen LogP contribution in [0, 0.1) is 13.8 Å². The number of aryl methyl sites for hydroxylation is 2. The van der Waals surface area contributed by atoms with Gasteiger partial charge in [0, 0.05) is 38.6 Å². The van der Waals surface area contributed by atoms with Gasteiger partial charge in [-0.1, -0.05) is 36.4 Å². The largest absolute Gasteiger partial charge is 0.378 e. The van der Waals surface area contributed by atoms with Crippen molar-refractivity contribution in [1.82, 2.24) is 4.72 Å². The Labute approximate surface area is 191 Å². The van der Waals surface area contributed by atoms with E-state index in [4.69, 9.17) is 0 Å². The van der Waals surface area contributed by atoms with E-state index in [9.17, 15) is 8.42 Å². The standard InChI is InChI=1S/C26H31N3O2S/c1-19-9-14-24(17-20(19)2)32(30,31)27-18-26(22-10-12-23(13-11-22)28(3)4)29-16-15-21-7-5-6-8-25(21)29/h5-14,17,26-27H,15-16,18H2,1-4H3. The van der Waals surface area contributed by atoms with Crippen LogP contribution in [0.25, 0.3) is 0 Å². The van der Waals surface area contributed by atoms with Gasteiger partial charge in [0.15, 0.2) is 0 Å². The van der Waals surface area contributed by atoms with Crippen LogP contribution in [-0.2, 0) is 16.4 Å². The zero-order valence-corrected chi connectivity index (χ0v) is 20.0. The summed E-state index contributed by atoms with van der Waals surface area (Å²) in [5.41, 5.74) is 6.74. The molecular weight excluding hydrogens is 418 g/mol. The third-order valence-corrected chi connectivity index (χ3v) is 7.77. The summed E-state index contributed by atoms with van der Waals surface area (Å²) in [6.45, 7) is 5.08. The van der Waals surface area contributed by atoms with Crippen molar-refractivity contribution in [2.75, 3.05) is 37.0 Å². The molecule has 1 aliphatic rings. The summed E-state index contributed by atoms with van der Waals surface area (Å²) in [7, 11) is 0.414. The van der Waals surface area contributed by atoms with Crippen molar-refractivity contribution in [3.63, 3.8) is 0 Å². The van der Waals surface area contributed by atoms with Gasteiger partial charge in [-0.05, 0) is 72.9 Å². The molecule has 6 heteroatoms. The molecule has 168 valence electrons. The number of nitrogens with zero attached hydrogens (tertiary/aromatic N) is 2. The molecular formula is C26H31N3O2S. The smallest absolute Gasteiger partial charge is 0.240 e. The highest BCUT2D eigenvalue weighted by Gasteiger charge is 2.28. The highest BCUT2D eigenvalue weighted by molar-refractivity contribution is 7.89. The first-order valence-electron chi connectivity index (χ1n) is 10.9. The van der Waals surface area contributed by atoms with Crippen LogP contribution in [0.2, 0.25) is 0 Å². The normalized spacial score (nSPS) is 14.3. The maximum absolute atomic E-state index is 13.1. The van der Waals surface area contributed by atoms with Crippen LogP contribution in [0.5, 0.6) is 0 Å². The molecule has 3 aromatic carbocycles. The molecule has 3 aromatic rings. The van der Waals surface area contributed by atoms with Crippen LogP contribution < -0.4 is 14.5 Å². The number of rotatable bonds is 7. The molecule has 0 radical (unpaired) electrons. The zero-order chi connectivity index (χ0) is 22.9. The molecule has 1 N–H and O–H groups in total. The van der Waals surface area contributed by atoms with Crippen LogP contribution in [-0.4, -0.2) is 35.6 Å². The Bertz CT molecular complexity index is 1200. The maximum atomic E-state index is 13.1. The average molecular weight is 450 g/mol. The van der Waals surface area contributed by atoms with Crippen LogP contribution in [0.4, 0.5) is 11.4 Å². The Morgan fingerprint density at radius 1 is 0.969 bits per heavy atom. The van der Waals surface area contributed by atoms with E-state index in [2.05, 4.69) is 57.0 Å². The highest BCUT2D eigenvalue weighted by atomic mass is 32.2. The van der Waals surface area contributed by atoms with E-state index in [-0.39, 0.29) is 6.04 Å². The summed E-state index contributed by atoms with van der Waals surface area (Å²) in [6, 6.07) is 21.9. The first-order valence-corrected chi connectivity index (χ1v) is 12.4. The number of hydrogen-bond donors (Lipinski definition) is 1. The molecule has 1 aliphatic heterocycles.